The summed E-state index contributed by atoms with van der Waals surface area (Å²) >= 11 is 0. The number of halogens is 1. The molecule has 0 amide bonds. The van der Waals surface area contributed by atoms with Crippen LogP contribution in [0.25, 0.3) is 0 Å². The summed E-state index contributed by atoms with van der Waals surface area (Å²) in [6, 6.07) is 1.14. The lowest BCUT2D eigenvalue weighted by Crippen LogP contribution is -2.35. The van der Waals surface area contributed by atoms with Crippen LogP contribution in [0.5, 0.6) is 5.75 Å². The zero-order chi connectivity index (χ0) is 13.9. The number of methoxy groups -OCH3 is 1. The fraction of sp³-hybridized carbons (Fsp3) is 0.400. The number of nitrogens with one attached hydrogen (secondary N) is 1. The Bertz CT molecular complexity index is 533. The van der Waals surface area contributed by atoms with Gasteiger partial charge in [0.25, 0.3) is 0 Å². The highest BCUT2D eigenvalue weighted by Crippen LogP contribution is 2.27. The molecule has 1 rings (SSSR count). The predicted octanol–water partition coefficient (Wildman–Crippen LogP) is 0.0756. The third kappa shape index (κ3) is 3.09. The highest BCUT2D eigenvalue weighted by molar-refractivity contribution is 7.89. The van der Waals surface area contributed by atoms with Gasteiger partial charge in [0.15, 0.2) is 0 Å². The minimum Gasteiger partial charge on any atom is -0.494 e. The summed E-state index contributed by atoms with van der Waals surface area (Å²) in [6.07, 6.45) is 0. The molecule has 0 saturated carbocycles. The van der Waals surface area contributed by atoms with Crippen LogP contribution in [0.1, 0.15) is 6.92 Å². The van der Waals surface area contributed by atoms with Crippen LogP contribution in [0.4, 0.5) is 10.1 Å². The molecule has 0 spiro atoms. The highest BCUT2D eigenvalue weighted by atomic mass is 32.2. The molecule has 0 fully saturated rings. The third-order valence-corrected chi connectivity index (χ3v) is 3.81. The topological polar surface area (TPSA) is 102 Å². The minimum absolute atomic E-state index is 0.0101. The number of hydrogen-bond donors (Lipinski definition) is 3. The molecule has 8 heteroatoms. The number of sulfonamides is 1. The van der Waals surface area contributed by atoms with Crippen LogP contribution in [0, 0.1) is 5.82 Å². The Hall–Kier alpha value is -1.38. The molecule has 0 unspecified atom stereocenters. The van der Waals surface area contributed by atoms with E-state index in [1.807, 2.05) is 0 Å². The third-order valence-electron chi connectivity index (χ3n) is 2.20. The molecule has 0 aliphatic rings. The number of nitrogens with two attached hydrogens (primary N) is 1. The van der Waals surface area contributed by atoms with Gasteiger partial charge in [-0.25, -0.2) is 17.5 Å². The molecule has 0 saturated heterocycles. The van der Waals surface area contributed by atoms with Crippen molar-refractivity contribution in [2.24, 2.45) is 0 Å². The van der Waals surface area contributed by atoms with E-state index in [0.29, 0.717) is 0 Å². The van der Waals surface area contributed by atoms with Gasteiger partial charge < -0.3 is 15.6 Å². The molecule has 1 atom stereocenters. The fourth-order valence-corrected chi connectivity index (χ4v) is 2.63. The first-order chi connectivity index (χ1) is 8.31. The van der Waals surface area contributed by atoms with Gasteiger partial charge in [0.05, 0.1) is 19.4 Å². The van der Waals surface area contributed by atoms with Gasteiger partial charge in [0, 0.05) is 12.1 Å². The average Bonchev–Trinajstić information content (AvgIpc) is 2.30. The fourth-order valence-electron chi connectivity index (χ4n) is 1.30. The van der Waals surface area contributed by atoms with Crippen LogP contribution < -0.4 is 15.2 Å². The molecule has 18 heavy (non-hydrogen) atoms. The SMILES string of the molecule is COc1cc(F)c(S(=O)(=O)N[C@H](C)CO)cc1N. The smallest absolute Gasteiger partial charge is 0.243 e. The highest BCUT2D eigenvalue weighted by Gasteiger charge is 2.23. The van der Waals surface area contributed by atoms with Crippen LogP contribution in [-0.4, -0.2) is 33.3 Å². The molecule has 4 N–H and O–H groups in total. The van der Waals surface area contributed by atoms with Gasteiger partial charge in [-0.1, -0.05) is 0 Å². The second-order valence-electron chi connectivity index (χ2n) is 3.73. The van der Waals surface area contributed by atoms with Gasteiger partial charge in [0.1, 0.15) is 16.5 Å². The van der Waals surface area contributed by atoms with Crippen molar-refractivity contribution in [2.45, 2.75) is 17.9 Å². The lowest BCUT2D eigenvalue weighted by molar-refractivity contribution is 0.265. The zero-order valence-corrected chi connectivity index (χ0v) is 10.8. The van der Waals surface area contributed by atoms with Crippen molar-refractivity contribution in [2.75, 3.05) is 19.5 Å². The molecule has 0 aliphatic heterocycles. The van der Waals surface area contributed by atoms with E-state index >= 15 is 0 Å². The standard InChI is InChI=1S/C10H15FN2O4S/c1-6(5-14)13-18(15,16)10-4-8(12)9(17-2)3-7(10)11/h3-4,6,13-14H,5,12H2,1-2H3/t6-/m1/s1. The second-order valence-corrected chi connectivity index (χ2v) is 5.41. The first-order valence-electron chi connectivity index (χ1n) is 5.08. The van der Waals surface area contributed by atoms with E-state index < -0.39 is 33.4 Å². The predicted molar refractivity (Wildman–Crippen MR) is 64.2 cm³/mol. The van der Waals surface area contributed by atoms with E-state index in [9.17, 15) is 12.8 Å². The quantitative estimate of drug-likeness (QED) is 0.662. The van der Waals surface area contributed by atoms with Crippen LogP contribution in [0.15, 0.2) is 17.0 Å². The van der Waals surface area contributed by atoms with Gasteiger partial charge >= 0.3 is 0 Å². The number of ether oxygens (including phenoxy) is 1. The average molecular weight is 278 g/mol. The minimum atomic E-state index is -4.07. The zero-order valence-electron chi connectivity index (χ0n) is 9.97. The van der Waals surface area contributed by atoms with Crippen LogP contribution in [0.2, 0.25) is 0 Å². The molecule has 6 nitrogen and oxygen atoms in total. The molecule has 1 aromatic carbocycles. The number of benzene rings is 1. The van der Waals surface area contributed by atoms with Gasteiger partial charge in [-0.3, -0.25) is 0 Å². The van der Waals surface area contributed by atoms with Gasteiger partial charge in [-0.15, -0.1) is 0 Å². The van der Waals surface area contributed by atoms with Crippen LogP contribution >= 0.6 is 0 Å². The van der Waals surface area contributed by atoms with E-state index in [2.05, 4.69) is 4.72 Å². The first-order valence-corrected chi connectivity index (χ1v) is 6.56. The van der Waals surface area contributed by atoms with Crippen molar-refractivity contribution in [1.29, 1.82) is 0 Å². The Labute approximate surface area is 105 Å². The lowest BCUT2D eigenvalue weighted by atomic mass is 10.3. The monoisotopic (exact) mass is 278 g/mol. The second kappa shape index (κ2) is 5.51. The van der Waals surface area contributed by atoms with Gasteiger partial charge in [-0.05, 0) is 13.0 Å². The van der Waals surface area contributed by atoms with Crippen molar-refractivity contribution in [3.8, 4) is 5.75 Å². The van der Waals surface area contributed by atoms with Crippen molar-refractivity contribution in [3.63, 3.8) is 0 Å². The number of rotatable bonds is 5. The summed E-state index contributed by atoms with van der Waals surface area (Å²) in [5.74, 6) is -0.916. The maximum atomic E-state index is 13.6. The molecular weight excluding hydrogens is 263 g/mol. The summed E-state index contributed by atoms with van der Waals surface area (Å²) in [5.41, 5.74) is 5.54. The normalized spacial score (nSPS) is 13.3. The van der Waals surface area contributed by atoms with Crippen LogP contribution in [0.3, 0.4) is 0 Å². The molecule has 1 aromatic rings. The lowest BCUT2D eigenvalue weighted by Gasteiger charge is -2.13. The first kappa shape index (κ1) is 14.7. The number of aliphatic hydroxyl groups is 1. The van der Waals surface area contributed by atoms with Crippen molar-refractivity contribution >= 4 is 15.7 Å². The molecule has 0 aromatic heterocycles. The number of nitrogen functional groups attached to an aromatic ring is 1. The van der Waals surface area contributed by atoms with Gasteiger partial charge in [0.2, 0.25) is 10.0 Å². The van der Waals surface area contributed by atoms with Crippen molar-refractivity contribution in [3.05, 3.63) is 17.9 Å². The number of hydrogen-bond acceptors (Lipinski definition) is 5. The summed E-state index contributed by atoms with van der Waals surface area (Å²) in [7, 11) is -2.77. The summed E-state index contributed by atoms with van der Waals surface area (Å²) < 4.78 is 44.2. The summed E-state index contributed by atoms with van der Waals surface area (Å²) in [5, 5.41) is 8.79. The molecule has 0 heterocycles. The van der Waals surface area contributed by atoms with E-state index in [4.69, 9.17) is 15.6 Å². The number of aliphatic hydroxyl groups excluding tert-OH is 1. The maximum Gasteiger partial charge on any atom is 0.243 e. The van der Waals surface area contributed by atoms with E-state index in [1.165, 1.54) is 14.0 Å². The molecule has 0 bridgehead atoms. The molecule has 102 valence electrons. The Balaban J connectivity index is 3.21. The molecule has 0 radical (unpaired) electrons. The van der Waals surface area contributed by atoms with E-state index in [-0.39, 0.29) is 11.4 Å². The number of anilines is 1. The van der Waals surface area contributed by atoms with Crippen molar-refractivity contribution < 1.29 is 22.7 Å². The maximum absolute atomic E-state index is 13.6. The molecular formula is C10H15FN2O4S. The van der Waals surface area contributed by atoms with Gasteiger partial charge in [-0.2, -0.15) is 0 Å². The summed E-state index contributed by atoms with van der Waals surface area (Å²) in [4.78, 5) is -0.582. The Morgan fingerprint density at radius 2 is 2.17 bits per heavy atom. The van der Waals surface area contributed by atoms with Crippen LogP contribution in [-0.2, 0) is 10.0 Å². The van der Waals surface area contributed by atoms with E-state index in [0.717, 1.165) is 12.1 Å². The largest absolute Gasteiger partial charge is 0.494 e. The van der Waals surface area contributed by atoms with Crippen molar-refractivity contribution in [1.82, 2.24) is 4.72 Å². The Morgan fingerprint density at radius 3 is 2.67 bits per heavy atom. The van der Waals surface area contributed by atoms with E-state index in [1.54, 1.807) is 0 Å². The Kier molecular flexibility index (Phi) is 4.49. The summed E-state index contributed by atoms with van der Waals surface area (Å²) in [6.45, 7) is 1.05. The molecule has 0 aliphatic carbocycles. The Morgan fingerprint density at radius 1 is 1.56 bits per heavy atom.